The fourth-order valence-corrected chi connectivity index (χ4v) is 2.91. The first kappa shape index (κ1) is 17.4. The van der Waals surface area contributed by atoms with Crippen LogP contribution in [0.2, 0.25) is 0 Å². The van der Waals surface area contributed by atoms with Gasteiger partial charge in [0.2, 0.25) is 5.91 Å². The van der Waals surface area contributed by atoms with Crippen molar-refractivity contribution in [3.63, 3.8) is 0 Å². The summed E-state index contributed by atoms with van der Waals surface area (Å²) >= 11 is 3.98. The van der Waals surface area contributed by atoms with Crippen molar-refractivity contribution in [2.45, 2.75) is 12.8 Å². The molecule has 6 heteroatoms. The molecule has 25 heavy (non-hydrogen) atoms. The molecule has 0 fully saturated rings. The Morgan fingerprint density at radius 2 is 2.24 bits per heavy atom. The zero-order valence-electron chi connectivity index (χ0n) is 14.0. The van der Waals surface area contributed by atoms with Gasteiger partial charge in [0, 0.05) is 36.3 Å². The highest BCUT2D eigenvalue weighted by Crippen LogP contribution is 2.31. The third-order valence-corrected chi connectivity index (χ3v) is 4.30. The van der Waals surface area contributed by atoms with E-state index in [1.54, 1.807) is 13.3 Å². The van der Waals surface area contributed by atoms with Crippen LogP contribution in [-0.4, -0.2) is 30.3 Å². The molecule has 0 atom stereocenters. The molecule has 0 aliphatic carbocycles. The van der Waals surface area contributed by atoms with E-state index in [4.69, 9.17) is 9.15 Å². The van der Waals surface area contributed by atoms with E-state index in [9.17, 15) is 4.79 Å². The molecule has 1 aromatic carbocycles. The van der Waals surface area contributed by atoms with Crippen LogP contribution in [0.5, 0.6) is 5.75 Å². The first-order chi connectivity index (χ1) is 12.2. The predicted octanol–water partition coefficient (Wildman–Crippen LogP) is 3.02. The Labute approximate surface area is 151 Å². The van der Waals surface area contributed by atoms with Crippen LogP contribution in [-0.2, 0) is 17.6 Å². The number of benzene rings is 1. The number of hydrogen-bond acceptors (Lipinski definition) is 5. The van der Waals surface area contributed by atoms with Gasteiger partial charge in [-0.3, -0.25) is 9.78 Å². The molecule has 5 nitrogen and oxygen atoms in total. The molecule has 0 spiro atoms. The van der Waals surface area contributed by atoms with Gasteiger partial charge in [-0.2, -0.15) is 12.6 Å². The molecule has 130 valence electrons. The van der Waals surface area contributed by atoms with E-state index in [1.807, 2.05) is 36.5 Å². The minimum atomic E-state index is -0.0810. The summed E-state index contributed by atoms with van der Waals surface area (Å²) in [5.41, 5.74) is 2.97. The van der Waals surface area contributed by atoms with Crippen LogP contribution in [0, 0.1) is 0 Å². The number of nitrogens with one attached hydrogen (secondary N) is 1. The summed E-state index contributed by atoms with van der Waals surface area (Å²) in [5.74, 6) is 1.77. The lowest BCUT2D eigenvalue weighted by atomic mass is 10.0. The molecule has 1 amide bonds. The quantitative estimate of drug-likeness (QED) is 0.639. The number of rotatable bonds is 7. The molecule has 0 saturated carbocycles. The first-order valence-electron chi connectivity index (χ1n) is 8.06. The highest BCUT2D eigenvalue weighted by Gasteiger charge is 2.15. The number of carbonyl (C=O) groups excluding carboxylic acids is 1. The second kappa shape index (κ2) is 8.07. The summed E-state index contributed by atoms with van der Waals surface area (Å²) in [4.78, 5) is 15.6. The number of amides is 1. The highest BCUT2D eigenvalue weighted by atomic mass is 32.1. The Balaban J connectivity index is 1.93. The van der Waals surface area contributed by atoms with Gasteiger partial charge in [-0.25, -0.2) is 0 Å². The Kier molecular flexibility index (Phi) is 5.60. The number of fused-ring (bicyclic) bond motifs is 1. The Morgan fingerprint density at radius 3 is 2.96 bits per heavy atom. The molecule has 1 N–H and O–H groups in total. The first-order valence-corrected chi connectivity index (χ1v) is 8.69. The minimum Gasteiger partial charge on any atom is -0.497 e. The number of furan rings is 1. The summed E-state index contributed by atoms with van der Waals surface area (Å²) < 4.78 is 11.4. The van der Waals surface area contributed by atoms with E-state index in [0.29, 0.717) is 19.4 Å². The number of methoxy groups -OCH3 is 1. The fraction of sp³-hybridized carbons (Fsp3) is 0.263. The predicted molar refractivity (Wildman–Crippen MR) is 100 cm³/mol. The Hall–Kier alpha value is -2.47. The molecule has 2 heterocycles. The molecule has 0 saturated heterocycles. The SMILES string of the molecule is COc1ccc2oc(Cc3cccnc3)c(CCNC(=O)CS)c2c1. The molecule has 3 aromatic rings. The van der Waals surface area contributed by atoms with Crippen LogP contribution >= 0.6 is 12.6 Å². The Morgan fingerprint density at radius 1 is 1.36 bits per heavy atom. The van der Waals surface area contributed by atoms with Crippen LogP contribution < -0.4 is 10.1 Å². The van der Waals surface area contributed by atoms with E-state index in [-0.39, 0.29) is 11.7 Å². The highest BCUT2D eigenvalue weighted by molar-refractivity contribution is 7.81. The van der Waals surface area contributed by atoms with Gasteiger partial charge in [-0.1, -0.05) is 6.07 Å². The van der Waals surface area contributed by atoms with Gasteiger partial charge in [0.05, 0.1) is 12.9 Å². The van der Waals surface area contributed by atoms with E-state index < -0.39 is 0 Å². The van der Waals surface area contributed by atoms with Gasteiger partial charge in [-0.05, 0) is 36.2 Å². The van der Waals surface area contributed by atoms with Crippen molar-refractivity contribution in [2.75, 3.05) is 19.4 Å². The topological polar surface area (TPSA) is 64.4 Å². The van der Waals surface area contributed by atoms with Crippen molar-refractivity contribution in [3.05, 3.63) is 59.6 Å². The molecule has 0 aliphatic heterocycles. The largest absolute Gasteiger partial charge is 0.497 e. The van der Waals surface area contributed by atoms with Crippen LogP contribution in [0.25, 0.3) is 11.0 Å². The molecule has 0 aliphatic rings. The second-order valence-corrected chi connectivity index (χ2v) is 5.98. The normalized spacial score (nSPS) is 10.8. The molecule has 3 rings (SSSR count). The third kappa shape index (κ3) is 4.14. The molecular weight excluding hydrogens is 336 g/mol. The number of nitrogens with zero attached hydrogens (tertiary/aromatic N) is 1. The van der Waals surface area contributed by atoms with Gasteiger partial charge in [-0.15, -0.1) is 0 Å². The summed E-state index contributed by atoms with van der Waals surface area (Å²) in [7, 11) is 1.64. The maximum atomic E-state index is 11.4. The second-order valence-electron chi connectivity index (χ2n) is 5.66. The maximum Gasteiger partial charge on any atom is 0.229 e. The molecule has 0 unspecified atom stereocenters. The molecule has 0 bridgehead atoms. The van der Waals surface area contributed by atoms with E-state index >= 15 is 0 Å². The van der Waals surface area contributed by atoms with Gasteiger partial charge in [0.15, 0.2) is 0 Å². The Bertz CT molecular complexity index is 862. The van der Waals surface area contributed by atoms with E-state index in [0.717, 1.165) is 33.6 Å². The average Bonchev–Trinajstić information content (AvgIpc) is 2.98. The summed E-state index contributed by atoms with van der Waals surface area (Å²) in [6.45, 7) is 0.533. The number of aromatic nitrogens is 1. The average molecular weight is 356 g/mol. The van der Waals surface area contributed by atoms with Gasteiger partial charge in [0.1, 0.15) is 17.1 Å². The maximum absolute atomic E-state index is 11.4. The van der Waals surface area contributed by atoms with Crippen molar-refractivity contribution in [2.24, 2.45) is 0 Å². The third-order valence-electron chi connectivity index (χ3n) is 4.01. The van der Waals surface area contributed by atoms with E-state index in [1.165, 1.54) is 0 Å². The van der Waals surface area contributed by atoms with Crippen molar-refractivity contribution >= 4 is 29.5 Å². The minimum absolute atomic E-state index is 0.0810. The van der Waals surface area contributed by atoms with E-state index in [2.05, 4.69) is 22.9 Å². The summed E-state index contributed by atoms with van der Waals surface area (Å²) in [6.07, 6.45) is 4.91. The van der Waals surface area contributed by atoms with Crippen molar-refractivity contribution < 1.29 is 13.9 Å². The standard InChI is InChI=1S/C19H20N2O3S/c1-23-14-4-5-17-16(10-14)15(6-8-21-19(22)12-25)18(24-17)9-13-3-2-7-20-11-13/h2-5,7,10-11,25H,6,8-9,12H2,1H3,(H,21,22). The summed E-state index contributed by atoms with van der Waals surface area (Å²) in [6, 6.07) is 9.70. The number of pyridine rings is 1. The smallest absolute Gasteiger partial charge is 0.229 e. The van der Waals surface area contributed by atoms with Crippen LogP contribution in [0.4, 0.5) is 0 Å². The van der Waals surface area contributed by atoms with Crippen molar-refractivity contribution in [3.8, 4) is 5.75 Å². The zero-order chi connectivity index (χ0) is 17.6. The number of carbonyl (C=O) groups is 1. The molecule has 2 aromatic heterocycles. The van der Waals surface area contributed by atoms with Gasteiger partial charge < -0.3 is 14.5 Å². The molecular formula is C19H20N2O3S. The number of hydrogen-bond donors (Lipinski definition) is 2. The van der Waals surface area contributed by atoms with Gasteiger partial charge in [0.25, 0.3) is 0 Å². The van der Waals surface area contributed by atoms with Crippen LogP contribution in [0.15, 0.2) is 47.1 Å². The number of ether oxygens (including phenoxy) is 1. The lowest BCUT2D eigenvalue weighted by Crippen LogP contribution is -2.26. The van der Waals surface area contributed by atoms with Crippen LogP contribution in [0.3, 0.4) is 0 Å². The number of thiol groups is 1. The van der Waals surface area contributed by atoms with Crippen molar-refractivity contribution in [1.82, 2.24) is 10.3 Å². The van der Waals surface area contributed by atoms with Gasteiger partial charge >= 0.3 is 0 Å². The monoisotopic (exact) mass is 356 g/mol. The van der Waals surface area contributed by atoms with Crippen LogP contribution in [0.1, 0.15) is 16.9 Å². The molecule has 0 radical (unpaired) electrons. The lowest BCUT2D eigenvalue weighted by molar-refractivity contribution is -0.118. The lowest BCUT2D eigenvalue weighted by Gasteiger charge is -2.06. The summed E-state index contributed by atoms with van der Waals surface area (Å²) in [5, 5.41) is 3.87. The fourth-order valence-electron chi connectivity index (χ4n) is 2.79. The zero-order valence-corrected chi connectivity index (χ0v) is 14.9. The van der Waals surface area contributed by atoms with Crippen molar-refractivity contribution in [1.29, 1.82) is 0 Å².